The Labute approximate surface area is 116 Å². The van der Waals surface area contributed by atoms with Crippen molar-refractivity contribution >= 4 is 0 Å². The van der Waals surface area contributed by atoms with E-state index in [4.69, 9.17) is 10.6 Å². The van der Waals surface area contributed by atoms with Crippen LogP contribution >= 0.6 is 0 Å². The van der Waals surface area contributed by atoms with Gasteiger partial charge in [0, 0.05) is 12.6 Å². The van der Waals surface area contributed by atoms with Gasteiger partial charge in [0.15, 0.2) is 0 Å². The van der Waals surface area contributed by atoms with Crippen LogP contribution in [0.3, 0.4) is 0 Å². The minimum atomic E-state index is 0.381. The van der Waals surface area contributed by atoms with E-state index in [-0.39, 0.29) is 0 Å². The SMILES string of the molecule is NNC(CCCc1ccccc1)CC1CCCCO1. The summed E-state index contributed by atoms with van der Waals surface area (Å²) in [6.45, 7) is 0.923. The largest absolute Gasteiger partial charge is 0.378 e. The molecule has 3 nitrogen and oxygen atoms in total. The maximum absolute atomic E-state index is 5.78. The summed E-state index contributed by atoms with van der Waals surface area (Å²) in [4.78, 5) is 0. The molecule has 0 radical (unpaired) electrons. The molecule has 1 fully saturated rings. The van der Waals surface area contributed by atoms with E-state index in [9.17, 15) is 0 Å². The molecule has 1 aromatic rings. The third-order valence-electron chi connectivity index (χ3n) is 3.92. The molecule has 0 bridgehead atoms. The first-order valence-electron chi connectivity index (χ1n) is 7.50. The molecular formula is C16H26N2O. The fourth-order valence-corrected chi connectivity index (χ4v) is 2.78. The second-order valence-corrected chi connectivity index (χ2v) is 5.47. The molecule has 1 saturated heterocycles. The predicted octanol–water partition coefficient (Wildman–Crippen LogP) is 2.80. The van der Waals surface area contributed by atoms with Gasteiger partial charge in [0.05, 0.1) is 6.10 Å². The summed E-state index contributed by atoms with van der Waals surface area (Å²) >= 11 is 0. The summed E-state index contributed by atoms with van der Waals surface area (Å²) in [7, 11) is 0. The maximum Gasteiger partial charge on any atom is 0.0590 e. The topological polar surface area (TPSA) is 47.3 Å². The van der Waals surface area contributed by atoms with Crippen molar-refractivity contribution in [1.29, 1.82) is 0 Å². The zero-order valence-corrected chi connectivity index (χ0v) is 11.7. The lowest BCUT2D eigenvalue weighted by molar-refractivity contribution is 0.00459. The molecular weight excluding hydrogens is 236 g/mol. The summed E-state index contributed by atoms with van der Waals surface area (Å²) in [6, 6.07) is 11.0. The highest BCUT2D eigenvalue weighted by Gasteiger charge is 2.18. The van der Waals surface area contributed by atoms with Crippen molar-refractivity contribution in [2.45, 2.75) is 57.1 Å². The number of nitrogens with two attached hydrogens (primary N) is 1. The molecule has 2 rings (SSSR count). The van der Waals surface area contributed by atoms with E-state index in [1.807, 2.05) is 0 Å². The lowest BCUT2D eigenvalue weighted by Gasteiger charge is -2.26. The van der Waals surface area contributed by atoms with E-state index >= 15 is 0 Å². The fourth-order valence-electron chi connectivity index (χ4n) is 2.78. The Kier molecular flexibility index (Phi) is 6.34. The molecule has 0 aliphatic carbocycles. The molecule has 106 valence electrons. The van der Waals surface area contributed by atoms with Crippen LogP contribution in [0.5, 0.6) is 0 Å². The number of hydrogen-bond donors (Lipinski definition) is 2. The van der Waals surface area contributed by atoms with Gasteiger partial charge in [0.1, 0.15) is 0 Å². The minimum Gasteiger partial charge on any atom is -0.378 e. The molecule has 2 unspecified atom stereocenters. The van der Waals surface area contributed by atoms with Crippen molar-refractivity contribution in [1.82, 2.24) is 5.43 Å². The van der Waals surface area contributed by atoms with Gasteiger partial charge in [0.2, 0.25) is 0 Å². The summed E-state index contributed by atoms with van der Waals surface area (Å²) in [6.07, 6.45) is 8.58. The van der Waals surface area contributed by atoms with E-state index < -0.39 is 0 Å². The van der Waals surface area contributed by atoms with Crippen LogP contribution in [0.25, 0.3) is 0 Å². The Morgan fingerprint density at radius 2 is 2.11 bits per heavy atom. The van der Waals surface area contributed by atoms with E-state index in [1.54, 1.807) is 0 Å². The number of hydrazine groups is 1. The van der Waals surface area contributed by atoms with E-state index in [0.29, 0.717) is 12.1 Å². The fraction of sp³-hybridized carbons (Fsp3) is 0.625. The molecule has 1 heterocycles. The molecule has 1 aliphatic heterocycles. The van der Waals surface area contributed by atoms with Crippen LogP contribution in [-0.4, -0.2) is 18.8 Å². The molecule has 1 aliphatic rings. The molecule has 3 N–H and O–H groups in total. The minimum absolute atomic E-state index is 0.381. The third-order valence-corrected chi connectivity index (χ3v) is 3.92. The zero-order valence-electron chi connectivity index (χ0n) is 11.7. The molecule has 1 aromatic carbocycles. The highest BCUT2D eigenvalue weighted by Crippen LogP contribution is 2.19. The van der Waals surface area contributed by atoms with E-state index in [2.05, 4.69) is 35.8 Å². The third kappa shape index (κ3) is 5.31. The monoisotopic (exact) mass is 262 g/mol. The van der Waals surface area contributed by atoms with Crippen molar-refractivity contribution < 1.29 is 4.74 Å². The summed E-state index contributed by atoms with van der Waals surface area (Å²) in [5, 5.41) is 0. The van der Waals surface area contributed by atoms with Crippen molar-refractivity contribution in [3.05, 3.63) is 35.9 Å². The van der Waals surface area contributed by atoms with Gasteiger partial charge in [-0.1, -0.05) is 30.3 Å². The molecule has 0 amide bonds. The average molecular weight is 262 g/mol. The molecule has 0 saturated carbocycles. The Morgan fingerprint density at radius 1 is 1.26 bits per heavy atom. The molecule has 19 heavy (non-hydrogen) atoms. The summed E-state index contributed by atoms with van der Waals surface area (Å²) in [5.41, 5.74) is 4.37. The molecule has 2 atom stereocenters. The Hall–Kier alpha value is -0.900. The van der Waals surface area contributed by atoms with Gasteiger partial charge in [0.25, 0.3) is 0 Å². The maximum atomic E-state index is 5.78. The Bertz CT molecular complexity index is 336. The van der Waals surface area contributed by atoms with Gasteiger partial charge in [-0.25, -0.2) is 0 Å². The van der Waals surface area contributed by atoms with Crippen LogP contribution in [0.4, 0.5) is 0 Å². The predicted molar refractivity (Wildman–Crippen MR) is 78.7 cm³/mol. The van der Waals surface area contributed by atoms with E-state index in [0.717, 1.165) is 25.9 Å². The van der Waals surface area contributed by atoms with Gasteiger partial charge in [-0.3, -0.25) is 11.3 Å². The lowest BCUT2D eigenvalue weighted by Crippen LogP contribution is -2.39. The second-order valence-electron chi connectivity index (χ2n) is 5.47. The number of benzene rings is 1. The van der Waals surface area contributed by atoms with Crippen LogP contribution in [0.15, 0.2) is 30.3 Å². The number of rotatable bonds is 7. The van der Waals surface area contributed by atoms with Crippen LogP contribution in [0, 0.1) is 0 Å². The second kappa shape index (κ2) is 8.31. The van der Waals surface area contributed by atoms with Crippen LogP contribution in [0.2, 0.25) is 0 Å². The van der Waals surface area contributed by atoms with Gasteiger partial charge in [-0.15, -0.1) is 0 Å². The first-order valence-corrected chi connectivity index (χ1v) is 7.50. The molecule has 0 aromatic heterocycles. The highest BCUT2D eigenvalue weighted by atomic mass is 16.5. The molecule has 0 spiro atoms. The number of hydrogen-bond acceptors (Lipinski definition) is 3. The number of aryl methyl sites for hydroxylation is 1. The highest BCUT2D eigenvalue weighted by molar-refractivity contribution is 5.14. The first-order chi connectivity index (χ1) is 9.38. The quantitative estimate of drug-likeness (QED) is 0.587. The van der Waals surface area contributed by atoms with Crippen LogP contribution in [-0.2, 0) is 11.2 Å². The lowest BCUT2D eigenvalue weighted by atomic mass is 9.97. The van der Waals surface area contributed by atoms with Crippen LogP contribution < -0.4 is 11.3 Å². The van der Waals surface area contributed by atoms with Crippen molar-refractivity contribution in [3.8, 4) is 0 Å². The van der Waals surface area contributed by atoms with Crippen molar-refractivity contribution in [2.24, 2.45) is 5.84 Å². The van der Waals surface area contributed by atoms with Crippen LogP contribution in [0.1, 0.15) is 44.1 Å². The van der Waals surface area contributed by atoms with E-state index in [1.165, 1.54) is 31.2 Å². The smallest absolute Gasteiger partial charge is 0.0590 e. The zero-order chi connectivity index (χ0) is 13.3. The van der Waals surface area contributed by atoms with Gasteiger partial charge in [-0.2, -0.15) is 0 Å². The standard InChI is InChI=1S/C16H26N2O/c17-18-15(13-16-11-4-5-12-19-16)10-6-9-14-7-2-1-3-8-14/h1-3,7-8,15-16,18H,4-6,9-13,17H2. The van der Waals surface area contributed by atoms with Crippen molar-refractivity contribution in [2.75, 3.05) is 6.61 Å². The normalized spacial score (nSPS) is 21.2. The Morgan fingerprint density at radius 3 is 2.79 bits per heavy atom. The first kappa shape index (κ1) is 14.5. The average Bonchev–Trinajstić information content (AvgIpc) is 2.48. The number of ether oxygens (including phenoxy) is 1. The van der Waals surface area contributed by atoms with Gasteiger partial charge in [-0.05, 0) is 50.5 Å². The number of nitrogens with one attached hydrogen (secondary N) is 1. The molecule has 3 heteroatoms. The van der Waals surface area contributed by atoms with Gasteiger partial charge >= 0.3 is 0 Å². The van der Waals surface area contributed by atoms with Crippen molar-refractivity contribution in [3.63, 3.8) is 0 Å². The van der Waals surface area contributed by atoms with Gasteiger partial charge < -0.3 is 4.74 Å². The summed E-state index contributed by atoms with van der Waals surface area (Å²) < 4.78 is 5.78. The Balaban J connectivity index is 1.67. The summed E-state index contributed by atoms with van der Waals surface area (Å²) in [5.74, 6) is 5.66.